The monoisotopic (exact) mass is 203 g/mol. The van der Waals surface area contributed by atoms with Crippen molar-refractivity contribution in [1.29, 1.82) is 0 Å². The summed E-state index contributed by atoms with van der Waals surface area (Å²) in [6, 6.07) is 0. The molecule has 0 fully saturated rings. The molecule has 0 aromatic heterocycles. The zero-order valence-electron chi connectivity index (χ0n) is 9.08. The largest absolute Gasteiger partial charge is 0.600 e. The van der Waals surface area contributed by atoms with Crippen molar-refractivity contribution in [2.24, 2.45) is 4.99 Å². The molecule has 0 aromatic rings. The average Bonchev–Trinajstić information content (AvgIpc) is 2.13. The Bertz CT molecular complexity index is 142. The summed E-state index contributed by atoms with van der Waals surface area (Å²) >= 11 is 0. The van der Waals surface area contributed by atoms with E-state index in [2.05, 4.69) is 17.0 Å². The highest BCUT2D eigenvalue weighted by molar-refractivity contribution is 5.22. The molecule has 0 aliphatic rings. The molecule has 2 unspecified atom stereocenters. The number of hydroxylamine groups is 2. The van der Waals surface area contributed by atoms with Crippen LogP contribution in [0, 0.1) is 5.21 Å². The number of hydrogen-bond acceptors (Lipinski definition) is 4. The summed E-state index contributed by atoms with van der Waals surface area (Å²) in [6.45, 7) is 7.76. The van der Waals surface area contributed by atoms with Gasteiger partial charge in [-0.25, -0.2) is 5.23 Å². The molecule has 0 rings (SSSR count). The minimum absolute atomic E-state index is 0.0331. The molecule has 0 bridgehead atoms. The van der Waals surface area contributed by atoms with Gasteiger partial charge in [-0.2, -0.15) is 4.84 Å². The van der Waals surface area contributed by atoms with E-state index in [1.54, 1.807) is 0 Å². The number of nitrogens with one attached hydrogen (secondary N) is 2. The van der Waals surface area contributed by atoms with Gasteiger partial charge < -0.3 is 15.5 Å². The maximum atomic E-state index is 10.8. The van der Waals surface area contributed by atoms with Crippen LogP contribution in [0.3, 0.4) is 0 Å². The summed E-state index contributed by atoms with van der Waals surface area (Å²) in [4.78, 5) is 8.89. The number of quaternary nitrogens is 1. The first kappa shape index (κ1) is 13.5. The maximum Gasteiger partial charge on any atom is 0.130 e. The lowest BCUT2D eigenvalue weighted by Gasteiger charge is -2.22. The van der Waals surface area contributed by atoms with Gasteiger partial charge in [0.25, 0.3) is 0 Å². The summed E-state index contributed by atoms with van der Waals surface area (Å²) in [7, 11) is 1.44. The van der Waals surface area contributed by atoms with Gasteiger partial charge in [0.1, 0.15) is 6.10 Å². The number of likely N-dealkylation sites (N-methyl/N-ethyl adjacent to an activating group) is 1. The van der Waals surface area contributed by atoms with E-state index in [4.69, 9.17) is 4.84 Å². The maximum absolute atomic E-state index is 10.8. The Balaban J connectivity index is 3.65. The minimum Gasteiger partial charge on any atom is -0.600 e. The first-order valence-corrected chi connectivity index (χ1v) is 5.01. The Morgan fingerprint density at radius 1 is 1.64 bits per heavy atom. The van der Waals surface area contributed by atoms with Crippen LogP contribution in [0.2, 0.25) is 0 Å². The van der Waals surface area contributed by atoms with Crippen molar-refractivity contribution >= 4 is 6.72 Å². The fourth-order valence-corrected chi connectivity index (χ4v) is 1.17. The molecule has 84 valence electrons. The van der Waals surface area contributed by atoms with Crippen LogP contribution in [0.5, 0.6) is 0 Å². The summed E-state index contributed by atoms with van der Waals surface area (Å²) < 4.78 is 0. The standard InChI is InChI=1S/C9H21N3O2/c1-4-11-8-9(14-12(3)13)6-5-7-10-2/h9,11-12H,2,4-8H2,1,3H3. The molecule has 0 saturated heterocycles. The Labute approximate surface area is 85.7 Å². The van der Waals surface area contributed by atoms with Crippen molar-refractivity contribution < 1.29 is 10.1 Å². The Hall–Kier alpha value is -0.490. The first-order chi connectivity index (χ1) is 6.70. The van der Waals surface area contributed by atoms with Crippen molar-refractivity contribution in [3.63, 3.8) is 0 Å². The minimum atomic E-state index is -0.223. The molecule has 0 aromatic carbocycles. The van der Waals surface area contributed by atoms with Crippen molar-refractivity contribution in [3.05, 3.63) is 5.21 Å². The van der Waals surface area contributed by atoms with Gasteiger partial charge in [0.2, 0.25) is 0 Å². The highest BCUT2D eigenvalue weighted by Gasteiger charge is 2.11. The van der Waals surface area contributed by atoms with E-state index in [1.165, 1.54) is 7.05 Å². The molecule has 2 atom stereocenters. The Kier molecular flexibility index (Phi) is 8.76. The summed E-state index contributed by atoms with van der Waals surface area (Å²) in [5, 5.41) is 13.7. The van der Waals surface area contributed by atoms with Gasteiger partial charge >= 0.3 is 0 Å². The summed E-state index contributed by atoms with van der Waals surface area (Å²) in [5.74, 6) is 0. The van der Waals surface area contributed by atoms with Crippen LogP contribution in [0.25, 0.3) is 0 Å². The van der Waals surface area contributed by atoms with Crippen LogP contribution < -0.4 is 10.5 Å². The van der Waals surface area contributed by atoms with E-state index in [1.807, 2.05) is 6.92 Å². The van der Waals surface area contributed by atoms with E-state index >= 15 is 0 Å². The van der Waals surface area contributed by atoms with E-state index in [0.717, 1.165) is 25.9 Å². The lowest BCUT2D eigenvalue weighted by Crippen LogP contribution is -3.03. The molecular weight excluding hydrogens is 182 g/mol. The second kappa shape index (κ2) is 9.08. The van der Waals surface area contributed by atoms with Crippen LogP contribution in [0.15, 0.2) is 4.99 Å². The number of hydrogen-bond donors (Lipinski definition) is 2. The highest BCUT2D eigenvalue weighted by Crippen LogP contribution is 1.98. The summed E-state index contributed by atoms with van der Waals surface area (Å²) in [5.41, 5.74) is 0. The van der Waals surface area contributed by atoms with Gasteiger partial charge in [-0.3, -0.25) is 0 Å². The van der Waals surface area contributed by atoms with Gasteiger partial charge in [-0.05, 0) is 26.1 Å². The number of rotatable bonds is 9. The van der Waals surface area contributed by atoms with Gasteiger partial charge in [0.15, 0.2) is 0 Å². The van der Waals surface area contributed by atoms with Crippen LogP contribution in [-0.2, 0) is 4.84 Å². The summed E-state index contributed by atoms with van der Waals surface area (Å²) in [6.07, 6.45) is 1.72. The molecule has 5 nitrogen and oxygen atoms in total. The van der Waals surface area contributed by atoms with E-state index in [-0.39, 0.29) is 11.3 Å². The molecule has 5 heteroatoms. The second-order valence-electron chi connectivity index (χ2n) is 3.13. The normalized spacial score (nSPS) is 15.1. The molecule has 0 aliphatic carbocycles. The van der Waals surface area contributed by atoms with Gasteiger partial charge in [-0.15, -0.1) is 0 Å². The van der Waals surface area contributed by atoms with Gasteiger partial charge in [-0.1, -0.05) is 6.92 Å². The molecule has 0 radical (unpaired) electrons. The SMILES string of the molecule is C=NCCCC(CNCC)O[NH+](C)[O-]. The van der Waals surface area contributed by atoms with Crippen molar-refractivity contribution in [1.82, 2.24) is 5.32 Å². The van der Waals surface area contributed by atoms with Crippen LogP contribution in [-0.4, -0.2) is 39.5 Å². The number of nitrogens with zero attached hydrogens (tertiary/aromatic N) is 1. The van der Waals surface area contributed by atoms with Crippen LogP contribution in [0.4, 0.5) is 0 Å². The first-order valence-electron chi connectivity index (χ1n) is 5.01. The molecule has 14 heavy (non-hydrogen) atoms. The Morgan fingerprint density at radius 3 is 2.86 bits per heavy atom. The Morgan fingerprint density at radius 2 is 2.36 bits per heavy atom. The van der Waals surface area contributed by atoms with Crippen molar-refractivity contribution in [2.75, 3.05) is 26.7 Å². The van der Waals surface area contributed by atoms with E-state index in [0.29, 0.717) is 6.54 Å². The molecule has 0 saturated carbocycles. The van der Waals surface area contributed by atoms with Crippen LogP contribution >= 0.6 is 0 Å². The third-order valence-corrected chi connectivity index (χ3v) is 1.80. The lowest BCUT2D eigenvalue weighted by atomic mass is 10.2. The topological polar surface area (TPSA) is 61.1 Å². The molecule has 0 aliphatic heterocycles. The quantitative estimate of drug-likeness (QED) is 0.298. The molecule has 0 heterocycles. The smallest absolute Gasteiger partial charge is 0.130 e. The fourth-order valence-electron chi connectivity index (χ4n) is 1.17. The zero-order valence-corrected chi connectivity index (χ0v) is 9.08. The van der Waals surface area contributed by atoms with Gasteiger partial charge in [0, 0.05) is 13.1 Å². The third-order valence-electron chi connectivity index (χ3n) is 1.80. The molecule has 0 spiro atoms. The highest BCUT2D eigenvalue weighted by atomic mass is 16.9. The molecule has 2 N–H and O–H groups in total. The van der Waals surface area contributed by atoms with E-state index < -0.39 is 0 Å². The van der Waals surface area contributed by atoms with Crippen molar-refractivity contribution in [3.8, 4) is 0 Å². The molecular formula is C9H21N3O2. The number of aliphatic imine (C=N–C) groups is 1. The van der Waals surface area contributed by atoms with Crippen molar-refractivity contribution in [2.45, 2.75) is 25.9 Å². The zero-order chi connectivity index (χ0) is 10.8. The average molecular weight is 203 g/mol. The van der Waals surface area contributed by atoms with Gasteiger partial charge in [0.05, 0.1) is 7.05 Å². The lowest BCUT2D eigenvalue weighted by molar-refractivity contribution is -1.04. The molecule has 0 amide bonds. The fraction of sp³-hybridized carbons (Fsp3) is 0.889. The predicted octanol–water partition coefficient (Wildman–Crippen LogP) is -0.611. The predicted molar refractivity (Wildman–Crippen MR) is 57.3 cm³/mol. The third kappa shape index (κ3) is 8.12. The second-order valence-corrected chi connectivity index (χ2v) is 3.13. The van der Waals surface area contributed by atoms with Crippen LogP contribution in [0.1, 0.15) is 19.8 Å². The van der Waals surface area contributed by atoms with E-state index in [9.17, 15) is 5.21 Å².